The highest BCUT2D eigenvalue weighted by atomic mass is 35.5. The summed E-state index contributed by atoms with van der Waals surface area (Å²) in [6.07, 6.45) is -1.40. The molecule has 6 heteroatoms. The van der Waals surface area contributed by atoms with E-state index in [9.17, 15) is 9.90 Å². The number of aliphatic hydroxyl groups is 1. The molecule has 0 saturated carbocycles. The largest absolute Gasteiger partial charge is 0.479 e. The summed E-state index contributed by atoms with van der Waals surface area (Å²) in [6.45, 7) is 0. The van der Waals surface area contributed by atoms with Crippen molar-refractivity contribution >= 4 is 28.9 Å². The van der Waals surface area contributed by atoms with Crippen LogP contribution < -0.4 is 0 Å². The molecule has 1 atom stereocenters. The van der Waals surface area contributed by atoms with E-state index in [1.165, 1.54) is 11.3 Å². The Kier molecular flexibility index (Phi) is 3.96. The molecule has 0 aliphatic carbocycles. The van der Waals surface area contributed by atoms with E-state index in [0.29, 0.717) is 10.7 Å². The Labute approximate surface area is 112 Å². The second kappa shape index (κ2) is 5.48. The van der Waals surface area contributed by atoms with Crippen LogP contribution in [0.25, 0.3) is 10.6 Å². The molecule has 0 bridgehead atoms. The van der Waals surface area contributed by atoms with Gasteiger partial charge in [-0.3, -0.25) is 0 Å². The Morgan fingerprint density at radius 1 is 1.39 bits per heavy atom. The number of hydrogen-bond donors (Lipinski definition) is 2. The van der Waals surface area contributed by atoms with E-state index in [1.54, 1.807) is 17.5 Å². The molecule has 2 rings (SSSR count). The lowest BCUT2D eigenvalue weighted by molar-refractivity contribution is -0.146. The van der Waals surface area contributed by atoms with Crippen molar-refractivity contribution in [1.82, 2.24) is 4.98 Å². The van der Waals surface area contributed by atoms with Gasteiger partial charge in [0.15, 0.2) is 6.10 Å². The van der Waals surface area contributed by atoms with Crippen molar-refractivity contribution in [3.63, 3.8) is 0 Å². The third-order valence-corrected chi connectivity index (χ3v) is 3.52. The number of halogens is 1. The molecule has 0 aliphatic heterocycles. The van der Waals surface area contributed by atoms with E-state index >= 15 is 0 Å². The van der Waals surface area contributed by atoms with Crippen molar-refractivity contribution in [3.05, 3.63) is 40.4 Å². The number of thiazole rings is 1. The zero-order chi connectivity index (χ0) is 13.1. The van der Waals surface area contributed by atoms with Gasteiger partial charge in [0.25, 0.3) is 0 Å². The number of hydrogen-bond acceptors (Lipinski definition) is 4. The maximum absolute atomic E-state index is 10.5. The minimum Gasteiger partial charge on any atom is -0.479 e. The number of carboxylic acid groups (broad SMARTS) is 1. The Balaban J connectivity index is 2.15. The first-order chi connectivity index (χ1) is 8.56. The summed E-state index contributed by atoms with van der Waals surface area (Å²) in [5, 5.41) is 21.0. The Bertz CT molecular complexity index is 553. The average molecular weight is 284 g/mol. The topological polar surface area (TPSA) is 70.4 Å². The van der Waals surface area contributed by atoms with Gasteiger partial charge >= 0.3 is 5.97 Å². The minimum absolute atomic E-state index is 0.0133. The monoisotopic (exact) mass is 283 g/mol. The van der Waals surface area contributed by atoms with Gasteiger partial charge in [-0.05, 0) is 12.1 Å². The number of carbonyl (C=O) groups is 1. The van der Waals surface area contributed by atoms with Crippen LogP contribution in [-0.4, -0.2) is 27.3 Å². The number of nitrogens with zero attached hydrogens (tertiary/aromatic N) is 1. The van der Waals surface area contributed by atoms with Gasteiger partial charge in [-0.15, -0.1) is 11.3 Å². The van der Waals surface area contributed by atoms with E-state index in [-0.39, 0.29) is 6.42 Å². The summed E-state index contributed by atoms with van der Waals surface area (Å²) >= 11 is 7.20. The van der Waals surface area contributed by atoms with Crippen molar-refractivity contribution in [3.8, 4) is 10.6 Å². The van der Waals surface area contributed by atoms with E-state index in [1.807, 2.05) is 12.1 Å². The van der Waals surface area contributed by atoms with Crippen LogP contribution in [0.1, 0.15) is 5.69 Å². The fourth-order valence-corrected chi connectivity index (χ4v) is 2.38. The molecule has 0 unspecified atom stereocenters. The van der Waals surface area contributed by atoms with Crippen molar-refractivity contribution in [2.45, 2.75) is 12.5 Å². The van der Waals surface area contributed by atoms with Crippen molar-refractivity contribution < 1.29 is 15.0 Å². The minimum atomic E-state index is -1.41. The molecule has 1 aromatic carbocycles. The number of aromatic nitrogens is 1. The first-order valence-corrected chi connectivity index (χ1v) is 6.43. The molecule has 0 saturated heterocycles. The van der Waals surface area contributed by atoms with E-state index in [0.717, 1.165) is 10.6 Å². The van der Waals surface area contributed by atoms with Crippen LogP contribution in [0.4, 0.5) is 0 Å². The number of carboxylic acids is 1. The van der Waals surface area contributed by atoms with Gasteiger partial charge in [-0.2, -0.15) is 0 Å². The molecular weight excluding hydrogens is 274 g/mol. The SMILES string of the molecule is O=C(O)[C@@H](O)Cc1csc(-c2ccc(Cl)cc2)n1. The standard InChI is InChI=1S/C12H10ClNO3S/c13-8-3-1-7(2-4-8)11-14-9(6-18-11)5-10(15)12(16)17/h1-4,6,10,15H,5H2,(H,16,17)/t10-/m0/s1. The second-order valence-corrected chi connectivity index (χ2v) is 5.00. The molecule has 94 valence electrons. The summed E-state index contributed by atoms with van der Waals surface area (Å²) < 4.78 is 0. The molecule has 0 fully saturated rings. The van der Waals surface area contributed by atoms with Gasteiger partial charge in [0.1, 0.15) is 5.01 Å². The van der Waals surface area contributed by atoms with E-state index in [2.05, 4.69) is 4.98 Å². The normalized spacial score (nSPS) is 12.3. The zero-order valence-electron chi connectivity index (χ0n) is 9.21. The lowest BCUT2D eigenvalue weighted by Gasteiger charge is -2.01. The van der Waals surface area contributed by atoms with Crippen molar-refractivity contribution in [2.75, 3.05) is 0 Å². The third-order valence-electron chi connectivity index (χ3n) is 2.33. The van der Waals surface area contributed by atoms with Crippen LogP contribution in [0.5, 0.6) is 0 Å². The van der Waals surface area contributed by atoms with Crippen LogP contribution in [0.2, 0.25) is 5.02 Å². The van der Waals surface area contributed by atoms with E-state index in [4.69, 9.17) is 16.7 Å². The highest BCUT2D eigenvalue weighted by Crippen LogP contribution is 2.25. The number of rotatable bonds is 4. The summed E-state index contributed by atoms with van der Waals surface area (Å²) in [5.74, 6) is -1.24. The van der Waals surface area contributed by atoms with Gasteiger partial charge < -0.3 is 10.2 Å². The molecule has 0 aliphatic rings. The van der Waals surface area contributed by atoms with Gasteiger partial charge in [-0.1, -0.05) is 23.7 Å². The molecule has 0 amide bonds. The fourth-order valence-electron chi connectivity index (χ4n) is 1.41. The molecule has 1 heterocycles. The highest BCUT2D eigenvalue weighted by molar-refractivity contribution is 7.13. The predicted octanol–water partition coefficient (Wildman–Crippen LogP) is 2.45. The lowest BCUT2D eigenvalue weighted by atomic mass is 10.2. The quantitative estimate of drug-likeness (QED) is 0.904. The molecule has 0 radical (unpaired) electrons. The van der Waals surface area contributed by atoms with Crippen molar-refractivity contribution in [2.24, 2.45) is 0 Å². The maximum Gasteiger partial charge on any atom is 0.332 e. The van der Waals surface area contributed by atoms with Crippen LogP contribution >= 0.6 is 22.9 Å². The van der Waals surface area contributed by atoms with Crippen LogP contribution in [0.15, 0.2) is 29.6 Å². The zero-order valence-corrected chi connectivity index (χ0v) is 10.8. The fraction of sp³-hybridized carbons (Fsp3) is 0.167. The number of aliphatic carboxylic acids is 1. The first kappa shape index (κ1) is 13.0. The average Bonchev–Trinajstić information content (AvgIpc) is 2.78. The summed E-state index contributed by atoms with van der Waals surface area (Å²) in [6, 6.07) is 7.23. The molecule has 18 heavy (non-hydrogen) atoms. The van der Waals surface area contributed by atoms with Gasteiger partial charge in [0.2, 0.25) is 0 Å². The molecule has 4 nitrogen and oxygen atoms in total. The summed E-state index contributed by atoms with van der Waals surface area (Å²) in [7, 11) is 0. The highest BCUT2D eigenvalue weighted by Gasteiger charge is 2.16. The predicted molar refractivity (Wildman–Crippen MR) is 69.9 cm³/mol. The number of benzene rings is 1. The Morgan fingerprint density at radius 3 is 2.67 bits per heavy atom. The second-order valence-electron chi connectivity index (χ2n) is 3.71. The maximum atomic E-state index is 10.5. The number of aliphatic hydroxyl groups excluding tert-OH is 1. The molecule has 2 aromatic rings. The Hall–Kier alpha value is -1.43. The smallest absolute Gasteiger partial charge is 0.332 e. The van der Waals surface area contributed by atoms with Crippen LogP contribution in [0, 0.1) is 0 Å². The molecule has 2 N–H and O–H groups in total. The first-order valence-electron chi connectivity index (χ1n) is 5.17. The van der Waals surface area contributed by atoms with Gasteiger partial charge in [-0.25, -0.2) is 9.78 Å². The van der Waals surface area contributed by atoms with E-state index < -0.39 is 12.1 Å². The summed E-state index contributed by atoms with van der Waals surface area (Å²) in [4.78, 5) is 14.8. The van der Waals surface area contributed by atoms with Gasteiger partial charge in [0, 0.05) is 22.4 Å². The van der Waals surface area contributed by atoms with Gasteiger partial charge in [0.05, 0.1) is 5.69 Å². The Morgan fingerprint density at radius 2 is 2.06 bits per heavy atom. The molecule has 1 aromatic heterocycles. The summed E-state index contributed by atoms with van der Waals surface area (Å²) in [5.41, 5.74) is 1.49. The lowest BCUT2D eigenvalue weighted by Crippen LogP contribution is -2.22. The van der Waals surface area contributed by atoms with Crippen molar-refractivity contribution in [1.29, 1.82) is 0 Å². The third kappa shape index (κ3) is 3.07. The molecular formula is C12H10ClNO3S. The molecule has 0 spiro atoms. The van der Waals surface area contributed by atoms with Crippen LogP contribution in [-0.2, 0) is 11.2 Å². The van der Waals surface area contributed by atoms with Crippen LogP contribution in [0.3, 0.4) is 0 Å².